The number of hydrogen-bond donors (Lipinski definition) is 0. The van der Waals surface area contributed by atoms with Crippen LogP contribution in [0.5, 0.6) is 0 Å². The van der Waals surface area contributed by atoms with Gasteiger partial charge in [-0.2, -0.15) is 0 Å². The standard InChI is InChI=1S/C13H23ClN/c1-3-4-7-15(2)9-11-5-6-13(14)8-12(11)10-15/h6,11-12H,3-5,7-10H2,1-2H3/q+1/t11-,12+,15?/m0/s1. The van der Waals surface area contributed by atoms with Gasteiger partial charge in [-0.3, -0.25) is 0 Å². The molecule has 0 saturated carbocycles. The maximum Gasteiger partial charge on any atom is 0.0821 e. The third-order valence-corrected chi connectivity index (χ3v) is 4.48. The van der Waals surface area contributed by atoms with Crippen LogP contribution in [0, 0.1) is 11.8 Å². The van der Waals surface area contributed by atoms with Gasteiger partial charge in [-0.1, -0.05) is 31.0 Å². The van der Waals surface area contributed by atoms with Crippen LogP contribution in [0.1, 0.15) is 32.6 Å². The molecule has 1 fully saturated rings. The first kappa shape index (κ1) is 11.5. The fourth-order valence-corrected chi connectivity index (χ4v) is 3.63. The molecule has 1 unspecified atom stereocenters. The van der Waals surface area contributed by atoms with E-state index in [9.17, 15) is 0 Å². The number of quaternary nitrogens is 1. The summed E-state index contributed by atoms with van der Waals surface area (Å²) in [5.74, 6) is 1.78. The van der Waals surface area contributed by atoms with Gasteiger partial charge in [0.25, 0.3) is 0 Å². The van der Waals surface area contributed by atoms with Gasteiger partial charge >= 0.3 is 0 Å². The van der Waals surface area contributed by atoms with Crippen LogP contribution in [0.25, 0.3) is 0 Å². The molecule has 1 saturated heterocycles. The molecule has 2 rings (SSSR count). The molecule has 0 spiro atoms. The third-order valence-electron chi connectivity index (χ3n) is 4.17. The Bertz CT molecular complexity index is 261. The SMILES string of the molecule is CCCC[N+]1(C)C[C@H]2CC(Cl)=CC[C@H]2C1. The average Bonchev–Trinajstić information content (AvgIpc) is 2.51. The van der Waals surface area contributed by atoms with Crippen molar-refractivity contribution in [2.24, 2.45) is 11.8 Å². The van der Waals surface area contributed by atoms with E-state index in [1.54, 1.807) is 0 Å². The molecule has 0 N–H and O–H groups in total. The molecule has 1 nitrogen and oxygen atoms in total. The molecule has 1 heterocycles. The van der Waals surface area contributed by atoms with Crippen LogP contribution in [-0.4, -0.2) is 31.2 Å². The minimum absolute atomic E-state index is 0.865. The molecule has 0 aromatic heterocycles. The van der Waals surface area contributed by atoms with Crippen molar-refractivity contribution >= 4 is 11.6 Å². The van der Waals surface area contributed by atoms with Crippen LogP contribution in [0.4, 0.5) is 0 Å². The van der Waals surface area contributed by atoms with Gasteiger partial charge in [0.2, 0.25) is 0 Å². The zero-order valence-corrected chi connectivity index (χ0v) is 10.8. The van der Waals surface area contributed by atoms with Crippen molar-refractivity contribution < 1.29 is 4.48 Å². The quantitative estimate of drug-likeness (QED) is 0.650. The molecule has 86 valence electrons. The van der Waals surface area contributed by atoms with E-state index in [0.29, 0.717) is 0 Å². The molecule has 2 aliphatic rings. The summed E-state index contributed by atoms with van der Waals surface area (Å²) in [5, 5.41) is 1.11. The average molecular weight is 229 g/mol. The molecule has 1 aliphatic heterocycles. The predicted molar refractivity (Wildman–Crippen MR) is 65.8 cm³/mol. The summed E-state index contributed by atoms with van der Waals surface area (Å²) < 4.78 is 1.29. The summed E-state index contributed by atoms with van der Waals surface area (Å²) in [5.41, 5.74) is 0. The first-order valence-corrected chi connectivity index (χ1v) is 6.69. The van der Waals surface area contributed by atoms with E-state index in [0.717, 1.165) is 23.3 Å². The van der Waals surface area contributed by atoms with Crippen molar-refractivity contribution in [3.05, 3.63) is 11.1 Å². The molecule has 0 aromatic carbocycles. The molecule has 1 aliphatic carbocycles. The summed E-state index contributed by atoms with van der Waals surface area (Å²) in [6, 6.07) is 0. The fourth-order valence-electron chi connectivity index (χ4n) is 3.34. The molecule has 15 heavy (non-hydrogen) atoms. The summed E-state index contributed by atoms with van der Waals surface area (Å²) in [4.78, 5) is 0. The maximum absolute atomic E-state index is 6.13. The predicted octanol–water partition coefficient (Wildman–Crippen LogP) is 3.40. The largest absolute Gasteiger partial charge is 0.326 e. The van der Waals surface area contributed by atoms with E-state index in [1.165, 1.54) is 43.4 Å². The Morgan fingerprint density at radius 3 is 2.87 bits per heavy atom. The Hall–Kier alpha value is -0.0100. The number of rotatable bonds is 3. The molecule has 3 atom stereocenters. The Morgan fingerprint density at radius 1 is 1.40 bits per heavy atom. The highest BCUT2D eigenvalue weighted by atomic mass is 35.5. The summed E-state index contributed by atoms with van der Waals surface area (Å²) in [6.45, 7) is 6.38. The Balaban J connectivity index is 1.95. The lowest BCUT2D eigenvalue weighted by atomic mass is 9.86. The third kappa shape index (κ3) is 2.57. The van der Waals surface area contributed by atoms with Crippen LogP contribution in [0.2, 0.25) is 0 Å². The molecule has 2 heteroatoms. The van der Waals surface area contributed by atoms with Gasteiger partial charge < -0.3 is 4.48 Å². The van der Waals surface area contributed by atoms with Crippen molar-refractivity contribution in [3.8, 4) is 0 Å². The van der Waals surface area contributed by atoms with E-state index in [-0.39, 0.29) is 0 Å². The number of likely N-dealkylation sites (tertiary alicyclic amines) is 1. The van der Waals surface area contributed by atoms with Crippen molar-refractivity contribution in [2.75, 3.05) is 26.7 Å². The number of hydrogen-bond acceptors (Lipinski definition) is 0. The van der Waals surface area contributed by atoms with Crippen molar-refractivity contribution in [1.29, 1.82) is 0 Å². The lowest BCUT2D eigenvalue weighted by Crippen LogP contribution is -2.42. The topological polar surface area (TPSA) is 0 Å². The van der Waals surface area contributed by atoms with E-state index in [4.69, 9.17) is 11.6 Å². The smallest absolute Gasteiger partial charge is 0.0821 e. The Labute approximate surface area is 98.7 Å². The summed E-state index contributed by atoms with van der Waals surface area (Å²) in [7, 11) is 2.43. The first-order valence-electron chi connectivity index (χ1n) is 6.31. The van der Waals surface area contributed by atoms with E-state index >= 15 is 0 Å². The van der Waals surface area contributed by atoms with Crippen LogP contribution in [0.15, 0.2) is 11.1 Å². The zero-order chi connectivity index (χ0) is 10.9. The second-order valence-electron chi connectivity index (χ2n) is 5.67. The highest BCUT2D eigenvalue weighted by Crippen LogP contribution is 2.39. The van der Waals surface area contributed by atoms with E-state index in [1.807, 2.05) is 0 Å². The number of halogens is 1. The van der Waals surface area contributed by atoms with Crippen LogP contribution in [-0.2, 0) is 0 Å². The minimum atomic E-state index is 0.865. The first-order chi connectivity index (χ1) is 7.13. The lowest BCUT2D eigenvalue weighted by Gasteiger charge is -2.29. The molecule has 0 bridgehead atoms. The minimum Gasteiger partial charge on any atom is -0.326 e. The van der Waals surface area contributed by atoms with Crippen molar-refractivity contribution in [2.45, 2.75) is 32.6 Å². The van der Waals surface area contributed by atoms with Gasteiger partial charge in [0.1, 0.15) is 0 Å². The summed E-state index contributed by atoms with van der Waals surface area (Å²) >= 11 is 6.13. The van der Waals surface area contributed by atoms with Gasteiger partial charge in [0.15, 0.2) is 0 Å². The van der Waals surface area contributed by atoms with Crippen molar-refractivity contribution in [1.82, 2.24) is 0 Å². The highest BCUT2D eigenvalue weighted by Gasteiger charge is 2.42. The second kappa shape index (κ2) is 4.47. The Kier molecular flexibility index (Phi) is 3.42. The second-order valence-corrected chi connectivity index (χ2v) is 6.16. The fraction of sp³-hybridized carbons (Fsp3) is 0.846. The number of nitrogens with zero attached hydrogens (tertiary/aromatic N) is 1. The highest BCUT2D eigenvalue weighted by molar-refractivity contribution is 6.29. The number of fused-ring (bicyclic) bond motifs is 1. The van der Waals surface area contributed by atoms with Crippen molar-refractivity contribution in [3.63, 3.8) is 0 Å². The molecule has 0 radical (unpaired) electrons. The molecule has 0 aromatic rings. The number of allylic oxidation sites excluding steroid dienone is 2. The molecule has 0 amide bonds. The Morgan fingerprint density at radius 2 is 2.13 bits per heavy atom. The zero-order valence-electron chi connectivity index (χ0n) is 10.0. The maximum atomic E-state index is 6.13. The van der Waals surface area contributed by atoms with Gasteiger partial charge in [0.05, 0.1) is 26.7 Å². The monoisotopic (exact) mass is 228 g/mol. The van der Waals surface area contributed by atoms with Gasteiger partial charge in [0, 0.05) is 16.9 Å². The molecular formula is C13H23ClN+. The lowest BCUT2D eigenvalue weighted by molar-refractivity contribution is -0.900. The normalized spacial score (nSPS) is 40.1. The van der Waals surface area contributed by atoms with Crippen LogP contribution < -0.4 is 0 Å². The van der Waals surface area contributed by atoms with Crippen LogP contribution in [0.3, 0.4) is 0 Å². The molecular weight excluding hydrogens is 206 g/mol. The number of unbranched alkanes of at least 4 members (excludes halogenated alkanes) is 1. The van der Waals surface area contributed by atoms with E-state index in [2.05, 4.69) is 20.0 Å². The van der Waals surface area contributed by atoms with Gasteiger partial charge in [-0.05, 0) is 19.3 Å². The van der Waals surface area contributed by atoms with Crippen LogP contribution >= 0.6 is 11.6 Å². The van der Waals surface area contributed by atoms with Gasteiger partial charge in [-0.15, -0.1) is 0 Å². The van der Waals surface area contributed by atoms with Gasteiger partial charge in [-0.25, -0.2) is 0 Å². The van der Waals surface area contributed by atoms with E-state index < -0.39 is 0 Å². The summed E-state index contributed by atoms with van der Waals surface area (Å²) in [6.07, 6.45) is 7.31.